The molecule has 6 rings (SSSR count). The first-order valence-electron chi connectivity index (χ1n) is 13.9. The van der Waals surface area contributed by atoms with Gasteiger partial charge in [0.05, 0.1) is 24.9 Å². The molecule has 38 heavy (non-hydrogen) atoms. The lowest BCUT2D eigenvalue weighted by Crippen LogP contribution is -2.55. The number of halogens is 1. The number of fused-ring (bicyclic) bond motifs is 1. The highest BCUT2D eigenvalue weighted by atomic mass is 19.1. The number of hydrogen-bond donors (Lipinski definition) is 1. The number of likely N-dealkylation sites (tertiary alicyclic amines) is 1. The lowest BCUT2D eigenvalue weighted by molar-refractivity contribution is -0.117. The number of ether oxygens (including phenoxy) is 1. The summed E-state index contributed by atoms with van der Waals surface area (Å²) in [7, 11) is 1.91. The van der Waals surface area contributed by atoms with Crippen molar-refractivity contribution in [3.8, 4) is 0 Å². The Kier molecular flexibility index (Phi) is 6.51. The van der Waals surface area contributed by atoms with Crippen molar-refractivity contribution < 1.29 is 13.9 Å². The summed E-state index contributed by atoms with van der Waals surface area (Å²) in [5, 5.41) is 9.55. The number of hydrogen-bond acceptors (Lipinski definition) is 5. The Labute approximate surface area is 223 Å². The standard InChI is InChI=1S/C30H38FN5O2/c1-5-23-27(22-14-33-35(4)15-22)28(23)29(37)34-26-12-20-11-24(18(2)10-21(20)13-32-26)19-6-8-36(9-7-19)30(3)17-38-16-25(30)31/h10-15,19,23,25,27-28H,5-9,16-17H2,1-4H3,(H,32,34,37)/t23-,25-,27-,28-,30+/m1/s1. The summed E-state index contributed by atoms with van der Waals surface area (Å²) in [6.07, 6.45) is 7.78. The molecule has 1 N–H and O–H groups in total. The third-order valence-corrected chi connectivity index (χ3v) is 9.40. The monoisotopic (exact) mass is 519 g/mol. The number of piperidine rings is 1. The highest BCUT2D eigenvalue weighted by Crippen LogP contribution is 2.56. The van der Waals surface area contributed by atoms with Crippen molar-refractivity contribution in [2.24, 2.45) is 18.9 Å². The molecule has 0 bridgehead atoms. The van der Waals surface area contributed by atoms with Crippen LogP contribution in [0.3, 0.4) is 0 Å². The molecule has 2 saturated heterocycles. The minimum absolute atomic E-state index is 0.0350. The molecule has 1 amide bonds. The number of nitrogens with zero attached hydrogens (tertiary/aromatic N) is 4. The second-order valence-electron chi connectivity index (χ2n) is 11.8. The topological polar surface area (TPSA) is 72.3 Å². The highest BCUT2D eigenvalue weighted by molar-refractivity contribution is 5.97. The van der Waals surface area contributed by atoms with Crippen LogP contribution in [0.1, 0.15) is 61.6 Å². The molecular formula is C30H38FN5O2. The van der Waals surface area contributed by atoms with Gasteiger partial charge in [0.1, 0.15) is 12.0 Å². The maximum Gasteiger partial charge on any atom is 0.229 e. The number of benzene rings is 1. The molecule has 4 heterocycles. The summed E-state index contributed by atoms with van der Waals surface area (Å²) >= 11 is 0. The molecule has 0 spiro atoms. The van der Waals surface area contributed by atoms with Gasteiger partial charge in [-0.05, 0) is 85.8 Å². The maximum atomic E-state index is 14.5. The molecule has 1 aliphatic carbocycles. The van der Waals surface area contributed by atoms with E-state index in [4.69, 9.17) is 4.74 Å². The molecule has 3 fully saturated rings. The van der Waals surface area contributed by atoms with Gasteiger partial charge >= 0.3 is 0 Å². The van der Waals surface area contributed by atoms with Crippen LogP contribution in [-0.2, 0) is 16.6 Å². The number of aromatic nitrogens is 3. The van der Waals surface area contributed by atoms with Gasteiger partial charge in [0.15, 0.2) is 0 Å². The van der Waals surface area contributed by atoms with Crippen LogP contribution in [0, 0.1) is 18.8 Å². The van der Waals surface area contributed by atoms with Crippen LogP contribution in [-0.4, -0.2) is 63.6 Å². The number of anilines is 1. The minimum atomic E-state index is -0.925. The second kappa shape index (κ2) is 9.72. The number of nitrogens with one attached hydrogen (secondary N) is 1. The molecule has 1 aromatic carbocycles. The Hall–Kier alpha value is -2.84. The predicted octanol–water partition coefficient (Wildman–Crippen LogP) is 4.96. The van der Waals surface area contributed by atoms with Crippen LogP contribution in [0.5, 0.6) is 0 Å². The Balaban J connectivity index is 1.16. The van der Waals surface area contributed by atoms with Gasteiger partial charge in [0, 0.05) is 36.7 Å². The molecular weight excluding hydrogens is 481 g/mol. The Morgan fingerprint density at radius 1 is 1.21 bits per heavy atom. The van der Waals surface area contributed by atoms with Gasteiger partial charge < -0.3 is 10.1 Å². The first-order valence-corrected chi connectivity index (χ1v) is 13.9. The van der Waals surface area contributed by atoms with Crippen molar-refractivity contribution in [1.29, 1.82) is 0 Å². The number of pyridine rings is 1. The molecule has 0 unspecified atom stereocenters. The van der Waals surface area contributed by atoms with Crippen molar-refractivity contribution in [2.75, 3.05) is 31.6 Å². The van der Waals surface area contributed by atoms with Gasteiger partial charge in [0.25, 0.3) is 0 Å². The molecule has 0 radical (unpaired) electrons. The Morgan fingerprint density at radius 3 is 2.66 bits per heavy atom. The summed E-state index contributed by atoms with van der Waals surface area (Å²) in [6.45, 7) is 8.73. The zero-order chi connectivity index (χ0) is 26.6. The summed E-state index contributed by atoms with van der Waals surface area (Å²) in [4.78, 5) is 20.1. The van der Waals surface area contributed by atoms with Crippen LogP contribution in [0.25, 0.3) is 10.8 Å². The molecule has 202 valence electrons. The molecule has 8 heteroatoms. The SMILES string of the molecule is CC[C@H]1[C@@H](C(=O)Nc2cc3cc(C4CCN([C@@]5(C)COC[C@H]5F)CC4)c(C)cc3cn2)[C@@H]1c1cnn(C)c1. The average Bonchev–Trinajstić information content (AvgIpc) is 3.33. The van der Waals surface area contributed by atoms with E-state index in [1.807, 2.05) is 38.6 Å². The van der Waals surface area contributed by atoms with Crippen molar-refractivity contribution >= 4 is 22.5 Å². The van der Waals surface area contributed by atoms with Crippen LogP contribution >= 0.6 is 0 Å². The van der Waals surface area contributed by atoms with Crippen LogP contribution < -0.4 is 5.32 Å². The molecule has 2 aliphatic heterocycles. The van der Waals surface area contributed by atoms with Crippen molar-refractivity contribution in [3.05, 3.63) is 53.5 Å². The van der Waals surface area contributed by atoms with Gasteiger partial charge in [-0.1, -0.05) is 19.4 Å². The second-order valence-corrected chi connectivity index (χ2v) is 11.8. The average molecular weight is 520 g/mol. The number of aryl methyl sites for hydroxylation is 2. The van der Waals surface area contributed by atoms with Crippen LogP contribution in [0.4, 0.5) is 10.2 Å². The van der Waals surface area contributed by atoms with Gasteiger partial charge in [-0.15, -0.1) is 0 Å². The summed E-state index contributed by atoms with van der Waals surface area (Å²) in [5.74, 6) is 1.58. The van der Waals surface area contributed by atoms with Crippen molar-refractivity contribution in [3.63, 3.8) is 0 Å². The summed E-state index contributed by atoms with van der Waals surface area (Å²) in [5.41, 5.74) is 3.23. The Bertz CT molecular complexity index is 1350. The molecule has 3 aromatic rings. The van der Waals surface area contributed by atoms with Gasteiger partial charge in [0.2, 0.25) is 5.91 Å². The molecule has 2 aromatic heterocycles. The first-order chi connectivity index (χ1) is 18.3. The third-order valence-electron chi connectivity index (χ3n) is 9.40. The fourth-order valence-corrected chi connectivity index (χ4v) is 6.98. The van der Waals surface area contributed by atoms with E-state index in [0.717, 1.165) is 48.7 Å². The van der Waals surface area contributed by atoms with Crippen LogP contribution in [0.2, 0.25) is 0 Å². The first kappa shape index (κ1) is 25.4. The Morgan fingerprint density at radius 2 is 2.00 bits per heavy atom. The lowest BCUT2D eigenvalue weighted by Gasteiger charge is -2.43. The van der Waals surface area contributed by atoms with Gasteiger partial charge in [-0.25, -0.2) is 9.37 Å². The zero-order valence-electron chi connectivity index (χ0n) is 22.8. The van der Waals surface area contributed by atoms with E-state index in [1.165, 1.54) is 11.1 Å². The summed E-state index contributed by atoms with van der Waals surface area (Å²) in [6, 6.07) is 6.47. The van der Waals surface area contributed by atoms with E-state index in [-0.39, 0.29) is 24.3 Å². The fraction of sp³-hybridized carbons (Fsp3) is 0.567. The molecule has 1 saturated carbocycles. The summed E-state index contributed by atoms with van der Waals surface area (Å²) < 4.78 is 21.8. The van der Waals surface area contributed by atoms with E-state index in [2.05, 4.69) is 46.3 Å². The van der Waals surface area contributed by atoms with E-state index < -0.39 is 11.7 Å². The van der Waals surface area contributed by atoms with Crippen molar-refractivity contribution in [2.45, 2.75) is 63.6 Å². The van der Waals surface area contributed by atoms with Gasteiger partial charge in [-0.3, -0.25) is 14.4 Å². The predicted molar refractivity (Wildman–Crippen MR) is 146 cm³/mol. The number of amides is 1. The third kappa shape index (κ3) is 4.41. The number of carbonyl (C=O) groups is 1. The molecule has 5 atom stereocenters. The van der Waals surface area contributed by atoms with Crippen molar-refractivity contribution in [1.82, 2.24) is 19.7 Å². The fourth-order valence-electron chi connectivity index (χ4n) is 6.98. The van der Waals surface area contributed by atoms with E-state index in [1.54, 1.807) is 4.68 Å². The minimum Gasteiger partial charge on any atom is -0.376 e. The highest BCUT2D eigenvalue weighted by Gasteiger charge is 2.54. The van der Waals surface area contributed by atoms with E-state index >= 15 is 0 Å². The van der Waals surface area contributed by atoms with E-state index in [0.29, 0.717) is 24.3 Å². The smallest absolute Gasteiger partial charge is 0.229 e. The molecule has 3 aliphatic rings. The number of carbonyl (C=O) groups excluding carboxylic acids is 1. The number of rotatable bonds is 6. The normalized spacial score (nSPS) is 30.1. The zero-order valence-corrected chi connectivity index (χ0v) is 22.8. The maximum absolute atomic E-state index is 14.5. The van der Waals surface area contributed by atoms with Crippen LogP contribution in [0.15, 0.2) is 36.8 Å². The van der Waals surface area contributed by atoms with Gasteiger partial charge in [-0.2, -0.15) is 5.10 Å². The number of alkyl halides is 1. The largest absolute Gasteiger partial charge is 0.376 e. The quantitative estimate of drug-likeness (QED) is 0.498. The van der Waals surface area contributed by atoms with E-state index in [9.17, 15) is 9.18 Å². The molecule has 7 nitrogen and oxygen atoms in total. The lowest BCUT2D eigenvalue weighted by atomic mass is 9.83.